The lowest BCUT2D eigenvalue weighted by Crippen LogP contribution is -2.33. The number of carbonyl (C=O) groups excluding carboxylic acids is 1. The molecule has 1 aliphatic heterocycles. The number of aromatic nitrogens is 2. The van der Waals surface area contributed by atoms with Gasteiger partial charge in [-0.3, -0.25) is 4.79 Å². The van der Waals surface area contributed by atoms with E-state index in [0.29, 0.717) is 12.4 Å². The summed E-state index contributed by atoms with van der Waals surface area (Å²) in [6.45, 7) is 4.16. The van der Waals surface area contributed by atoms with Crippen LogP contribution in [0.5, 0.6) is 0 Å². The summed E-state index contributed by atoms with van der Waals surface area (Å²) in [4.78, 5) is 22.5. The number of hydrogen-bond donors (Lipinski definition) is 1. The minimum absolute atomic E-state index is 0.143. The molecule has 1 N–H and O–H groups in total. The third kappa shape index (κ3) is 4.16. The van der Waals surface area contributed by atoms with Crippen LogP contribution in [0.4, 0.5) is 5.82 Å². The highest BCUT2D eigenvalue weighted by Crippen LogP contribution is 2.14. The molecule has 1 saturated heterocycles. The summed E-state index contributed by atoms with van der Waals surface area (Å²) < 4.78 is 0.752. The Morgan fingerprint density at radius 1 is 1.42 bits per heavy atom. The fourth-order valence-electron chi connectivity index (χ4n) is 2.14. The smallest absolute Gasteiger partial charge is 0.241 e. The van der Waals surface area contributed by atoms with Crippen molar-refractivity contribution >= 4 is 27.7 Å². The van der Waals surface area contributed by atoms with Crippen molar-refractivity contribution in [1.82, 2.24) is 14.9 Å². The minimum Gasteiger partial charge on any atom is -0.361 e. The summed E-state index contributed by atoms with van der Waals surface area (Å²) in [6.07, 6.45) is 4.08. The molecule has 0 atom stereocenters. The van der Waals surface area contributed by atoms with Gasteiger partial charge in [-0.25, -0.2) is 9.97 Å². The van der Waals surface area contributed by atoms with E-state index in [1.165, 1.54) is 0 Å². The average Bonchev–Trinajstić information content (AvgIpc) is 2.89. The predicted octanol–water partition coefficient (Wildman–Crippen LogP) is 2.23. The standard InChI is InChI=1S/C13H19BrN4O/c1-2-5-11-16-10(14)8-12(17-11)15-9-13(19)18-6-3-4-7-18/h8H,2-7,9H2,1H3,(H,15,16,17). The second-order valence-electron chi connectivity index (χ2n) is 4.68. The first-order chi connectivity index (χ1) is 9.19. The lowest BCUT2D eigenvalue weighted by atomic mass is 10.3. The van der Waals surface area contributed by atoms with Gasteiger partial charge >= 0.3 is 0 Å². The zero-order valence-electron chi connectivity index (χ0n) is 11.2. The first-order valence-electron chi connectivity index (χ1n) is 6.74. The van der Waals surface area contributed by atoms with E-state index in [2.05, 4.69) is 38.1 Å². The highest BCUT2D eigenvalue weighted by atomic mass is 79.9. The summed E-state index contributed by atoms with van der Waals surface area (Å²) >= 11 is 3.37. The van der Waals surface area contributed by atoms with Crippen molar-refractivity contribution in [2.75, 3.05) is 25.0 Å². The Hall–Kier alpha value is -1.17. The van der Waals surface area contributed by atoms with Crippen molar-refractivity contribution in [2.24, 2.45) is 0 Å². The molecule has 19 heavy (non-hydrogen) atoms. The van der Waals surface area contributed by atoms with Gasteiger partial charge in [-0.2, -0.15) is 0 Å². The maximum atomic E-state index is 11.9. The number of aryl methyl sites for hydroxylation is 1. The van der Waals surface area contributed by atoms with Gasteiger partial charge in [-0.15, -0.1) is 0 Å². The van der Waals surface area contributed by atoms with Crippen LogP contribution in [0, 0.1) is 0 Å². The van der Waals surface area contributed by atoms with Crippen LogP contribution in [0.3, 0.4) is 0 Å². The van der Waals surface area contributed by atoms with Gasteiger partial charge in [0, 0.05) is 25.6 Å². The summed E-state index contributed by atoms with van der Waals surface area (Å²) in [5, 5.41) is 3.09. The minimum atomic E-state index is 0.143. The molecule has 2 heterocycles. The Labute approximate surface area is 121 Å². The van der Waals surface area contributed by atoms with E-state index >= 15 is 0 Å². The van der Waals surface area contributed by atoms with Gasteiger partial charge in [0.25, 0.3) is 0 Å². The lowest BCUT2D eigenvalue weighted by Gasteiger charge is -2.15. The average molecular weight is 327 g/mol. The molecule has 0 radical (unpaired) electrons. The molecule has 1 aliphatic rings. The van der Waals surface area contributed by atoms with E-state index in [-0.39, 0.29) is 5.91 Å². The number of halogens is 1. The van der Waals surface area contributed by atoms with E-state index in [4.69, 9.17) is 0 Å². The van der Waals surface area contributed by atoms with Gasteiger partial charge in [0.2, 0.25) is 5.91 Å². The van der Waals surface area contributed by atoms with Gasteiger partial charge in [0.1, 0.15) is 16.2 Å². The predicted molar refractivity (Wildman–Crippen MR) is 78.0 cm³/mol. The van der Waals surface area contributed by atoms with Gasteiger partial charge < -0.3 is 10.2 Å². The van der Waals surface area contributed by atoms with Crippen LogP contribution in [-0.2, 0) is 11.2 Å². The molecule has 6 heteroatoms. The van der Waals surface area contributed by atoms with Crippen molar-refractivity contribution < 1.29 is 4.79 Å². The van der Waals surface area contributed by atoms with Crippen LogP contribution in [0.1, 0.15) is 32.0 Å². The second kappa shape index (κ2) is 6.84. The second-order valence-corrected chi connectivity index (χ2v) is 5.50. The highest BCUT2D eigenvalue weighted by molar-refractivity contribution is 9.10. The number of likely N-dealkylation sites (tertiary alicyclic amines) is 1. The molecular formula is C13H19BrN4O. The fraction of sp³-hybridized carbons (Fsp3) is 0.615. The monoisotopic (exact) mass is 326 g/mol. The summed E-state index contributed by atoms with van der Waals surface area (Å²) in [5.74, 6) is 1.65. The fourth-order valence-corrected chi connectivity index (χ4v) is 2.56. The van der Waals surface area contributed by atoms with Crippen LogP contribution in [0.2, 0.25) is 0 Å². The molecular weight excluding hydrogens is 308 g/mol. The Kier molecular flexibility index (Phi) is 5.13. The highest BCUT2D eigenvalue weighted by Gasteiger charge is 2.17. The van der Waals surface area contributed by atoms with Crippen LogP contribution in [-0.4, -0.2) is 40.4 Å². The third-order valence-electron chi connectivity index (χ3n) is 3.09. The number of amides is 1. The molecule has 1 aromatic rings. The molecule has 0 aromatic carbocycles. The van der Waals surface area contributed by atoms with Gasteiger partial charge in [-0.1, -0.05) is 6.92 Å². The molecule has 0 aliphatic carbocycles. The largest absolute Gasteiger partial charge is 0.361 e. The van der Waals surface area contributed by atoms with E-state index in [9.17, 15) is 4.79 Å². The molecule has 5 nitrogen and oxygen atoms in total. The van der Waals surface area contributed by atoms with Gasteiger partial charge in [0.05, 0.1) is 6.54 Å². The van der Waals surface area contributed by atoms with Gasteiger partial charge in [0.15, 0.2) is 0 Å². The van der Waals surface area contributed by atoms with Crippen molar-refractivity contribution in [1.29, 1.82) is 0 Å². The van der Waals surface area contributed by atoms with Crippen molar-refractivity contribution in [3.63, 3.8) is 0 Å². The zero-order valence-corrected chi connectivity index (χ0v) is 12.7. The summed E-state index contributed by atoms with van der Waals surface area (Å²) in [7, 11) is 0. The van der Waals surface area contributed by atoms with Gasteiger partial charge in [-0.05, 0) is 35.2 Å². The lowest BCUT2D eigenvalue weighted by molar-refractivity contribution is -0.128. The Bertz CT molecular complexity index is 446. The molecule has 0 bridgehead atoms. The van der Waals surface area contributed by atoms with Crippen LogP contribution < -0.4 is 5.32 Å². The number of nitrogens with zero attached hydrogens (tertiary/aromatic N) is 3. The molecule has 1 amide bonds. The summed E-state index contributed by atoms with van der Waals surface area (Å²) in [5.41, 5.74) is 0. The van der Waals surface area contributed by atoms with E-state index in [0.717, 1.165) is 49.2 Å². The molecule has 1 fully saturated rings. The summed E-state index contributed by atoms with van der Waals surface area (Å²) in [6, 6.07) is 1.80. The number of hydrogen-bond acceptors (Lipinski definition) is 4. The normalized spacial score (nSPS) is 14.7. The van der Waals surface area contributed by atoms with E-state index in [1.54, 1.807) is 6.07 Å². The maximum Gasteiger partial charge on any atom is 0.241 e. The van der Waals surface area contributed by atoms with Crippen molar-refractivity contribution in [3.8, 4) is 0 Å². The molecule has 2 rings (SSSR count). The first kappa shape index (κ1) is 14.2. The van der Waals surface area contributed by atoms with Crippen LogP contribution >= 0.6 is 15.9 Å². The number of nitrogens with one attached hydrogen (secondary N) is 1. The zero-order chi connectivity index (χ0) is 13.7. The number of rotatable bonds is 5. The molecule has 0 unspecified atom stereocenters. The Balaban J connectivity index is 1.92. The number of carbonyl (C=O) groups is 1. The molecule has 0 spiro atoms. The van der Waals surface area contributed by atoms with Crippen molar-refractivity contribution in [2.45, 2.75) is 32.6 Å². The molecule has 104 valence electrons. The van der Waals surface area contributed by atoms with Crippen LogP contribution in [0.15, 0.2) is 10.7 Å². The molecule has 1 aromatic heterocycles. The number of anilines is 1. The Morgan fingerprint density at radius 2 is 2.16 bits per heavy atom. The quantitative estimate of drug-likeness (QED) is 0.843. The Morgan fingerprint density at radius 3 is 2.84 bits per heavy atom. The van der Waals surface area contributed by atoms with Crippen LogP contribution in [0.25, 0.3) is 0 Å². The first-order valence-corrected chi connectivity index (χ1v) is 7.53. The SMILES string of the molecule is CCCc1nc(Br)cc(NCC(=O)N2CCCC2)n1. The van der Waals surface area contributed by atoms with E-state index in [1.807, 2.05) is 4.90 Å². The topological polar surface area (TPSA) is 58.1 Å². The van der Waals surface area contributed by atoms with E-state index < -0.39 is 0 Å². The molecule has 0 saturated carbocycles. The third-order valence-corrected chi connectivity index (χ3v) is 3.50. The maximum absolute atomic E-state index is 11.9. The van der Waals surface area contributed by atoms with Crippen molar-refractivity contribution in [3.05, 3.63) is 16.5 Å².